The lowest BCUT2D eigenvalue weighted by atomic mass is 10.0. The summed E-state index contributed by atoms with van der Waals surface area (Å²) in [6.45, 7) is 3.63. The number of ether oxygens (including phenoxy) is 1. The third-order valence-corrected chi connectivity index (χ3v) is 1.90. The Morgan fingerprint density at radius 2 is 2.27 bits per heavy atom. The van der Waals surface area contributed by atoms with Gasteiger partial charge >= 0.3 is 0 Å². The molecule has 78 valence electrons. The molecule has 4 heteroatoms. The number of nitrogen functional groups attached to an aromatic ring is 1. The van der Waals surface area contributed by atoms with E-state index >= 15 is 0 Å². The fourth-order valence-electron chi connectivity index (χ4n) is 1.36. The molecule has 2 N–H and O–H groups in total. The van der Waals surface area contributed by atoms with Gasteiger partial charge in [0.15, 0.2) is 5.78 Å². The van der Waals surface area contributed by atoms with Crippen molar-refractivity contribution in [3.8, 4) is 11.8 Å². The quantitative estimate of drug-likeness (QED) is 0.601. The Bertz CT molecular complexity index is 433. The van der Waals surface area contributed by atoms with E-state index in [-0.39, 0.29) is 11.3 Å². The first kappa shape index (κ1) is 11.1. The summed E-state index contributed by atoms with van der Waals surface area (Å²) in [7, 11) is 0. The van der Waals surface area contributed by atoms with Crippen LogP contribution in [0, 0.1) is 11.3 Å². The molecule has 0 saturated heterocycles. The number of benzene rings is 1. The average molecular weight is 204 g/mol. The number of rotatable bonds is 3. The van der Waals surface area contributed by atoms with Crippen molar-refractivity contribution in [2.24, 2.45) is 0 Å². The zero-order chi connectivity index (χ0) is 11.4. The van der Waals surface area contributed by atoms with E-state index in [0.29, 0.717) is 23.6 Å². The fourth-order valence-corrected chi connectivity index (χ4v) is 1.36. The number of nitriles is 1. The van der Waals surface area contributed by atoms with Crippen molar-refractivity contribution < 1.29 is 9.53 Å². The summed E-state index contributed by atoms with van der Waals surface area (Å²) in [4.78, 5) is 11.4. The number of carbonyl (C=O) groups is 1. The van der Waals surface area contributed by atoms with Crippen molar-refractivity contribution in [1.29, 1.82) is 5.26 Å². The number of carbonyl (C=O) groups excluding carboxylic acids is 1. The van der Waals surface area contributed by atoms with E-state index in [0.717, 1.165) is 0 Å². The van der Waals surface area contributed by atoms with E-state index in [2.05, 4.69) is 0 Å². The molecule has 0 amide bonds. The summed E-state index contributed by atoms with van der Waals surface area (Å²) in [6, 6.07) is 4.96. The Hall–Kier alpha value is -2.02. The van der Waals surface area contributed by atoms with Crippen molar-refractivity contribution in [2.75, 3.05) is 12.3 Å². The lowest BCUT2D eigenvalue weighted by molar-refractivity contribution is 0.101. The van der Waals surface area contributed by atoms with Gasteiger partial charge in [0.05, 0.1) is 17.7 Å². The maximum atomic E-state index is 11.4. The monoisotopic (exact) mass is 204 g/mol. The van der Waals surface area contributed by atoms with Gasteiger partial charge in [-0.15, -0.1) is 0 Å². The largest absolute Gasteiger partial charge is 0.493 e. The zero-order valence-corrected chi connectivity index (χ0v) is 8.70. The van der Waals surface area contributed by atoms with Crippen LogP contribution < -0.4 is 10.5 Å². The van der Waals surface area contributed by atoms with Gasteiger partial charge in [0.25, 0.3) is 0 Å². The van der Waals surface area contributed by atoms with E-state index in [1.54, 1.807) is 13.0 Å². The summed E-state index contributed by atoms with van der Waals surface area (Å²) in [5.41, 5.74) is 6.56. The summed E-state index contributed by atoms with van der Waals surface area (Å²) in [5.74, 6) is 0.177. The van der Waals surface area contributed by atoms with E-state index < -0.39 is 0 Å². The van der Waals surface area contributed by atoms with Gasteiger partial charge < -0.3 is 10.5 Å². The van der Waals surface area contributed by atoms with Crippen LogP contribution in [0.1, 0.15) is 29.8 Å². The Morgan fingerprint density at radius 1 is 1.60 bits per heavy atom. The van der Waals surface area contributed by atoms with Gasteiger partial charge in [0, 0.05) is 11.8 Å². The first-order valence-corrected chi connectivity index (χ1v) is 4.57. The Balaban J connectivity index is 3.41. The molecule has 0 saturated carbocycles. The minimum absolute atomic E-state index is 0.199. The van der Waals surface area contributed by atoms with Crippen LogP contribution in [0.5, 0.6) is 5.75 Å². The molecule has 4 nitrogen and oxygen atoms in total. The molecule has 0 radical (unpaired) electrons. The maximum Gasteiger partial charge on any atom is 0.164 e. The molecule has 0 heterocycles. The molecule has 0 spiro atoms. The van der Waals surface area contributed by atoms with Gasteiger partial charge in [0.2, 0.25) is 0 Å². The standard InChI is InChI=1S/C11H12N2O2/c1-3-15-10-5-9(13)4-8(6-12)11(10)7(2)14/h4-5H,3,13H2,1-2H3. The average Bonchev–Trinajstić information content (AvgIpc) is 2.16. The van der Waals surface area contributed by atoms with Crippen LogP contribution in [0.3, 0.4) is 0 Å². The highest BCUT2D eigenvalue weighted by atomic mass is 16.5. The van der Waals surface area contributed by atoms with Crippen molar-refractivity contribution in [1.82, 2.24) is 0 Å². The van der Waals surface area contributed by atoms with Gasteiger partial charge in [-0.2, -0.15) is 5.26 Å². The molecule has 0 unspecified atom stereocenters. The highest BCUT2D eigenvalue weighted by Crippen LogP contribution is 2.26. The third kappa shape index (κ3) is 2.26. The predicted molar refractivity (Wildman–Crippen MR) is 56.7 cm³/mol. The fraction of sp³-hybridized carbons (Fsp3) is 0.273. The smallest absolute Gasteiger partial charge is 0.164 e. The summed E-state index contributed by atoms with van der Waals surface area (Å²) in [5, 5.41) is 8.87. The third-order valence-electron chi connectivity index (χ3n) is 1.90. The van der Waals surface area contributed by atoms with Crippen LogP contribution >= 0.6 is 0 Å². The second-order valence-electron chi connectivity index (χ2n) is 3.04. The number of Topliss-reactive ketones (excluding diaryl/α,β-unsaturated/α-hetero) is 1. The van der Waals surface area contributed by atoms with Crippen LogP contribution in [-0.2, 0) is 0 Å². The molecular weight excluding hydrogens is 192 g/mol. The molecule has 0 aliphatic rings. The van der Waals surface area contributed by atoms with Crippen molar-refractivity contribution in [3.63, 3.8) is 0 Å². The number of nitrogens with zero attached hydrogens (tertiary/aromatic N) is 1. The second-order valence-corrected chi connectivity index (χ2v) is 3.04. The van der Waals surface area contributed by atoms with Gasteiger partial charge in [-0.25, -0.2) is 0 Å². The van der Waals surface area contributed by atoms with E-state index in [1.165, 1.54) is 13.0 Å². The predicted octanol–water partition coefficient (Wildman–Crippen LogP) is 1.74. The highest BCUT2D eigenvalue weighted by molar-refractivity contribution is 5.99. The Labute approximate surface area is 88.3 Å². The van der Waals surface area contributed by atoms with Crippen LogP contribution in [0.15, 0.2) is 12.1 Å². The van der Waals surface area contributed by atoms with Crippen LogP contribution in [0.2, 0.25) is 0 Å². The van der Waals surface area contributed by atoms with Crippen LogP contribution in [0.4, 0.5) is 5.69 Å². The first-order valence-electron chi connectivity index (χ1n) is 4.57. The maximum absolute atomic E-state index is 11.4. The lowest BCUT2D eigenvalue weighted by Crippen LogP contribution is -2.04. The molecule has 1 aromatic rings. The van der Waals surface area contributed by atoms with E-state index in [1.807, 2.05) is 6.07 Å². The first-order chi connectivity index (χ1) is 7.10. The molecule has 1 aromatic carbocycles. The Kier molecular flexibility index (Phi) is 3.29. The SMILES string of the molecule is CCOc1cc(N)cc(C#N)c1C(C)=O. The van der Waals surface area contributed by atoms with Crippen molar-refractivity contribution in [3.05, 3.63) is 23.3 Å². The second kappa shape index (κ2) is 4.47. The molecular formula is C11H12N2O2. The molecule has 0 bridgehead atoms. The Morgan fingerprint density at radius 3 is 2.73 bits per heavy atom. The van der Waals surface area contributed by atoms with Crippen LogP contribution in [-0.4, -0.2) is 12.4 Å². The van der Waals surface area contributed by atoms with Gasteiger partial charge in [-0.1, -0.05) is 0 Å². The minimum atomic E-state index is -0.199. The number of nitrogens with two attached hydrogens (primary N) is 1. The lowest BCUT2D eigenvalue weighted by Gasteiger charge is -2.10. The van der Waals surface area contributed by atoms with Gasteiger partial charge in [-0.3, -0.25) is 4.79 Å². The molecule has 1 rings (SSSR count). The van der Waals surface area contributed by atoms with E-state index in [4.69, 9.17) is 15.7 Å². The van der Waals surface area contributed by atoms with Crippen molar-refractivity contribution >= 4 is 11.5 Å². The molecule has 15 heavy (non-hydrogen) atoms. The molecule has 0 aliphatic carbocycles. The topological polar surface area (TPSA) is 76.1 Å². The molecule has 0 aliphatic heterocycles. The van der Waals surface area contributed by atoms with E-state index in [9.17, 15) is 4.79 Å². The number of ketones is 1. The molecule has 0 atom stereocenters. The minimum Gasteiger partial charge on any atom is -0.493 e. The highest BCUT2D eigenvalue weighted by Gasteiger charge is 2.14. The number of hydrogen-bond donors (Lipinski definition) is 1. The normalized spacial score (nSPS) is 9.40. The number of hydrogen-bond acceptors (Lipinski definition) is 4. The van der Waals surface area contributed by atoms with Crippen LogP contribution in [0.25, 0.3) is 0 Å². The molecule has 0 aromatic heterocycles. The van der Waals surface area contributed by atoms with Gasteiger partial charge in [-0.05, 0) is 19.9 Å². The van der Waals surface area contributed by atoms with Crippen molar-refractivity contribution in [2.45, 2.75) is 13.8 Å². The molecule has 0 fully saturated rings. The number of anilines is 1. The summed E-state index contributed by atoms with van der Waals surface area (Å²) < 4.78 is 5.27. The summed E-state index contributed by atoms with van der Waals surface area (Å²) in [6.07, 6.45) is 0. The summed E-state index contributed by atoms with van der Waals surface area (Å²) >= 11 is 0. The zero-order valence-electron chi connectivity index (χ0n) is 8.70. The van der Waals surface area contributed by atoms with Gasteiger partial charge in [0.1, 0.15) is 11.8 Å².